The lowest BCUT2D eigenvalue weighted by Gasteiger charge is -2.43. The van der Waals surface area contributed by atoms with Gasteiger partial charge in [0.1, 0.15) is 0 Å². The molecule has 0 saturated heterocycles. The van der Waals surface area contributed by atoms with Crippen LogP contribution in [0.4, 0.5) is 17.1 Å². The quantitative estimate of drug-likeness (QED) is 0.213. The zero-order valence-corrected chi connectivity index (χ0v) is 28.2. The van der Waals surface area contributed by atoms with Gasteiger partial charge in [-0.3, -0.25) is 9.59 Å². The SMILES string of the molecule is CC(=O)P(=O)(Cc1ccc2c(c1)C(C)(C)c1cc3c(cc1-2)C(C)(C)c1ccccc1N3c1ccc(C(C)(C)C)cc1)C(C)=O. The third kappa shape index (κ3) is 4.45. The van der Waals surface area contributed by atoms with Crippen molar-refractivity contribution in [2.45, 2.75) is 84.7 Å². The molecule has 0 bridgehead atoms. The van der Waals surface area contributed by atoms with Crippen LogP contribution in [0.5, 0.6) is 0 Å². The maximum atomic E-state index is 13.4. The highest BCUT2D eigenvalue weighted by Gasteiger charge is 2.43. The molecule has 0 radical (unpaired) electrons. The predicted octanol–water partition coefficient (Wildman–Crippen LogP) is 10.4. The monoisotopic (exact) mass is 603 g/mol. The van der Waals surface area contributed by atoms with Crippen LogP contribution in [0.3, 0.4) is 0 Å². The molecule has 1 heterocycles. The van der Waals surface area contributed by atoms with Crippen molar-refractivity contribution in [1.82, 2.24) is 0 Å². The standard InChI is InChI=1S/C39H42NO3P/c1-24(41)44(43,25(2)42)23-26-14-19-29-30-21-34-36(22-33(30)39(8,9)32(29)20-26)40(28-17-15-27(16-18-28)37(3,4)5)35-13-11-10-12-31(35)38(34,6)7/h10-22H,23H2,1-9H3. The van der Waals surface area contributed by atoms with E-state index in [0.29, 0.717) is 0 Å². The van der Waals surface area contributed by atoms with E-state index in [1.165, 1.54) is 53.0 Å². The van der Waals surface area contributed by atoms with Crippen molar-refractivity contribution in [3.63, 3.8) is 0 Å². The maximum Gasteiger partial charge on any atom is 0.214 e. The molecule has 4 aromatic carbocycles. The molecule has 0 fully saturated rings. The van der Waals surface area contributed by atoms with Crippen LogP contribution in [-0.4, -0.2) is 11.0 Å². The van der Waals surface area contributed by atoms with Crippen LogP contribution in [0.1, 0.15) is 95.7 Å². The largest absolute Gasteiger partial charge is 0.310 e. The molecule has 1 aliphatic heterocycles. The number of fused-ring (bicyclic) bond motifs is 5. The lowest BCUT2D eigenvalue weighted by Crippen LogP contribution is -2.31. The Morgan fingerprint density at radius 2 is 1.27 bits per heavy atom. The van der Waals surface area contributed by atoms with Crippen LogP contribution in [0.15, 0.2) is 78.9 Å². The van der Waals surface area contributed by atoms with Crippen molar-refractivity contribution in [2.75, 3.05) is 4.90 Å². The Morgan fingerprint density at radius 3 is 1.89 bits per heavy atom. The van der Waals surface area contributed by atoms with E-state index in [0.717, 1.165) is 22.4 Å². The number of hydrogen-bond donors (Lipinski definition) is 0. The molecule has 44 heavy (non-hydrogen) atoms. The molecule has 4 aromatic rings. The molecule has 0 aromatic heterocycles. The van der Waals surface area contributed by atoms with Crippen molar-refractivity contribution in [2.24, 2.45) is 0 Å². The molecule has 0 unspecified atom stereocenters. The van der Waals surface area contributed by atoms with Gasteiger partial charge in [0.15, 0.2) is 11.0 Å². The topological polar surface area (TPSA) is 54.5 Å². The van der Waals surface area contributed by atoms with E-state index in [1.54, 1.807) is 0 Å². The third-order valence-corrected chi connectivity index (χ3v) is 12.8. The first-order valence-corrected chi connectivity index (χ1v) is 17.3. The number of carbonyl (C=O) groups is 2. The first-order chi connectivity index (χ1) is 20.5. The summed E-state index contributed by atoms with van der Waals surface area (Å²) in [5.41, 5.74) is 11.2. The summed E-state index contributed by atoms with van der Waals surface area (Å²) < 4.78 is 13.4. The van der Waals surface area contributed by atoms with E-state index in [4.69, 9.17) is 0 Å². The average molecular weight is 604 g/mol. The number of anilines is 3. The second kappa shape index (κ2) is 9.88. The summed E-state index contributed by atoms with van der Waals surface area (Å²) in [6.45, 7) is 18.3. The minimum atomic E-state index is -3.63. The summed E-state index contributed by atoms with van der Waals surface area (Å²) in [5.74, 6) is 0. The van der Waals surface area contributed by atoms with E-state index < -0.39 is 18.2 Å². The van der Waals surface area contributed by atoms with Gasteiger partial charge in [0.05, 0.1) is 11.4 Å². The van der Waals surface area contributed by atoms with Crippen LogP contribution in [0.2, 0.25) is 0 Å². The van der Waals surface area contributed by atoms with Crippen LogP contribution < -0.4 is 4.90 Å². The molecule has 1 aliphatic carbocycles. The summed E-state index contributed by atoms with van der Waals surface area (Å²) in [7, 11) is -3.63. The number of hydrogen-bond acceptors (Lipinski definition) is 4. The van der Waals surface area contributed by atoms with Gasteiger partial charge in [0.2, 0.25) is 7.14 Å². The number of carbonyl (C=O) groups excluding carboxylic acids is 2. The van der Waals surface area contributed by atoms with Crippen molar-refractivity contribution >= 4 is 35.3 Å². The highest BCUT2D eigenvalue weighted by Crippen LogP contribution is 2.58. The molecule has 0 N–H and O–H groups in total. The molecular weight excluding hydrogens is 561 g/mol. The minimum Gasteiger partial charge on any atom is -0.310 e. The number of nitrogens with zero attached hydrogens (tertiary/aromatic N) is 1. The highest BCUT2D eigenvalue weighted by atomic mass is 31.2. The molecular formula is C39H42NO3P. The Kier molecular flexibility index (Phi) is 6.80. The Labute approximate surface area is 261 Å². The van der Waals surface area contributed by atoms with Crippen LogP contribution in [0, 0.1) is 0 Å². The van der Waals surface area contributed by atoms with Crippen LogP contribution in [0.25, 0.3) is 11.1 Å². The van der Waals surface area contributed by atoms with Crippen LogP contribution >= 0.6 is 7.14 Å². The van der Waals surface area contributed by atoms with Gasteiger partial charge >= 0.3 is 0 Å². The van der Waals surface area contributed by atoms with E-state index in [2.05, 4.69) is 126 Å². The van der Waals surface area contributed by atoms with Crippen LogP contribution in [-0.2, 0) is 36.6 Å². The molecule has 0 amide bonds. The minimum absolute atomic E-state index is 0.0332. The fourth-order valence-electron chi connectivity index (χ4n) is 7.16. The van der Waals surface area contributed by atoms with Gasteiger partial charge in [-0.05, 0) is 80.3 Å². The summed E-state index contributed by atoms with van der Waals surface area (Å²) >= 11 is 0. The van der Waals surface area contributed by atoms with E-state index in [9.17, 15) is 14.2 Å². The van der Waals surface area contributed by atoms with Crippen molar-refractivity contribution in [3.05, 3.63) is 112 Å². The highest BCUT2D eigenvalue weighted by molar-refractivity contribution is 7.93. The van der Waals surface area contributed by atoms with Crippen molar-refractivity contribution < 1.29 is 14.2 Å². The number of benzene rings is 4. The molecule has 2 aliphatic rings. The summed E-state index contributed by atoms with van der Waals surface area (Å²) in [5, 5.41) is 0. The lowest BCUT2D eigenvalue weighted by atomic mass is 9.71. The predicted molar refractivity (Wildman–Crippen MR) is 182 cm³/mol. The van der Waals surface area contributed by atoms with Gasteiger partial charge in [-0.25, -0.2) is 0 Å². The molecule has 6 rings (SSSR count). The summed E-state index contributed by atoms with van der Waals surface area (Å²) in [4.78, 5) is 27.0. The zero-order valence-electron chi connectivity index (χ0n) is 27.3. The van der Waals surface area contributed by atoms with E-state index in [-0.39, 0.29) is 22.4 Å². The van der Waals surface area contributed by atoms with Gasteiger partial charge in [-0.2, -0.15) is 0 Å². The molecule has 4 nitrogen and oxygen atoms in total. The molecule has 0 spiro atoms. The zero-order chi connectivity index (χ0) is 32.0. The fourth-order valence-corrected chi connectivity index (χ4v) is 8.76. The number of para-hydroxylation sites is 1. The summed E-state index contributed by atoms with van der Waals surface area (Å²) in [6, 6.07) is 28.5. The van der Waals surface area contributed by atoms with Gasteiger partial charge in [-0.15, -0.1) is 0 Å². The van der Waals surface area contributed by atoms with Gasteiger partial charge < -0.3 is 9.46 Å². The third-order valence-electron chi connectivity index (χ3n) is 10.0. The molecule has 5 heteroatoms. The lowest BCUT2D eigenvalue weighted by molar-refractivity contribution is -0.113. The van der Waals surface area contributed by atoms with Crippen molar-refractivity contribution in [1.29, 1.82) is 0 Å². The molecule has 226 valence electrons. The van der Waals surface area contributed by atoms with E-state index >= 15 is 0 Å². The van der Waals surface area contributed by atoms with Crippen molar-refractivity contribution in [3.8, 4) is 11.1 Å². The Hall–Kier alpha value is -3.75. The Morgan fingerprint density at radius 1 is 0.682 bits per heavy atom. The maximum absolute atomic E-state index is 13.4. The first-order valence-electron chi connectivity index (χ1n) is 15.4. The van der Waals surface area contributed by atoms with Gasteiger partial charge in [0, 0.05) is 36.5 Å². The fraction of sp³-hybridized carbons (Fsp3) is 0.333. The van der Waals surface area contributed by atoms with Gasteiger partial charge in [-0.1, -0.05) is 97.0 Å². The van der Waals surface area contributed by atoms with E-state index in [1.807, 2.05) is 6.07 Å². The Balaban J connectivity index is 1.54. The smallest absolute Gasteiger partial charge is 0.214 e. The number of rotatable bonds is 5. The van der Waals surface area contributed by atoms with Gasteiger partial charge in [0.25, 0.3) is 0 Å². The average Bonchev–Trinajstić information content (AvgIpc) is 3.17. The normalized spacial score (nSPS) is 16.1. The first kappa shape index (κ1) is 30.3. The second-order valence-electron chi connectivity index (χ2n) is 14.6. The Bertz CT molecular complexity index is 1890. The molecule has 0 atom stereocenters. The summed E-state index contributed by atoms with van der Waals surface area (Å²) in [6.07, 6.45) is -0.0332. The second-order valence-corrected chi connectivity index (χ2v) is 17.7. The molecule has 0 saturated carbocycles.